The minimum atomic E-state index is -3.79. The molecule has 1 N–H and O–H groups in total. The number of halogens is 1. The molecule has 2 aromatic rings. The van der Waals surface area contributed by atoms with Crippen LogP contribution in [0.4, 0.5) is 5.69 Å². The van der Waals surface area contributed by atoms with Gasteiger partial charge in [-0.1, -0.05) is 37.6 Å². The monoisotopic (exact) mass is 509 g/mol. The first kappa shape index (κ1) is 27.5. The third-order valence-corrected chi connectivity index (χ3v) is 6.53. The molecule has 0 unspecified atom stereocenters. The zero-order valence-electron chi connectivity index (χ0n) is 20.1. The number of anilines is 1. The lowest BCUT2D eigenvalue weighted by Crippen LogP contribution is -2.51. The summed E-state index contributed by atoms with van der Waals surface area (Å²) in [5.74, 6) is 0.0165. The highest BCUT2D eigenvalue weighted by Gasteiger charge is 2.30. The van der Waals surface area contributed by atoms with Crippen molar-refractivity contribution < 1.29 is 22.7 Å². The smallest absolute Gasteiger partial charge is 0.244 e. The quantitative estimate of drug-likeness (QED) is 0.501. The summed E-state index contributed by atoms with van der Waals surface area (Å²) in [4.78, 5) is 27.7. The normalized spacial score (nSPS) is 12.2. The summed E-state index contributed by atoms with van der Waals surface area (Å²) >= 11 is 5.93. The van der Waals surface area contributed by atoms with Gasteiger partial charge in [0.15, 0.2) is 0 Å². The lowest BCUT2D eigenvalue weighted by Gasteiger charge is -2.31. The molecule has 0 aliphatic rings. The third-order valence-electron chi connectivity index (χ3n) is 5.13. The van der Waals surface area contributed by atoms with Crippen LogP contribution in [0.25, 0.3) is 0 Å². The van der Waals surface area contributed by atoms with Crippen LogP contribution in [-0.2, 0) is 26.2 Å². The second-order valence-corrected chi connectivity index (χ2v) is 10.8. The summed E-state index contributed by atoms with van der Waals surface area (Å²) in [5, 5.41) is 3.29. The van der Waals surface area contributed by atoms with Crippen LogP contribution in [0.3, 0.4) is 0 Å². The minimum absolute atomic E-state index is 0.102. The summed E-state index contributed by atoms with van der Waals surface area (Å²) in [6.07, 6.45) is 1.03. The molecule has 0 spiro atoms. The highest BCUT2D eigenvalue weighted by Crippen LogP contribution is 2.22. The highest BCUT2D eigenvalue weighted by molar-refractivity contribution is 7.92. The Labute approximate surface area is 206 Å². The third kappa shape index (κ3) is 7.92. The molecular weight excluding hydrogens is 478 g/mol. The topological polar surface area (TPSA) is 96.0 Å². The molecule has 0 saturated heterocycles. The zero-order chi connectivity index (χ0) is 25.5. The lowest BCUT2D eigenvalue weighted by molar-refractivity contribution is -0.139. The molecule has 2 rings (SSSR count). The van der Waals surface area contributed by atoms with Gasteiger partial charge in [-0.05, 0) is 54.8 Å². The van der Waals surface area contributed by atoms with Crippen molar-refractivity contribution in [2.24, 2.45) is 5.92 Å². The SMILES string of the molecule is COc1cccc(CN(C(=O)CN(c2ccc(Cl)cc2)S(C)(=O)=O)[C@H](C)C(=O)NCC(C)C)c1. The van der Waals surface area contributed by atoms with Gasteiger partial charge in [-0.3, -0.25) is 13.9 Å². The number of methoxy groups -OCH3 is 1. The van der Waals surface area contributed by atoms with Gasteiger partial charge in [0.25, 0.3) is 0 Å². The molecule has 0 aliphatic heterocycles. The van der Waals surface area contributed by atoms with E-state index in [2.05, 4.69) is 5.32 Å². The van der Waals surface area contributed by atoms with Crippen molar-refractivity contribution in [3.05, 3.63) is 59.1 Å². The molecule has 0 heterocycles. The summed E-state index contributed by atoms with van der Waals surface area (Å²) in [7, 11) is -2.25. The molecule has 10 heteroatoms. The Balaban J connectivity index is 2.37. The minimum Gasteiger partial charge on any atom is -0.497 e. The van der Waals surface area contributed by atoms with Crippen molar-refractivity contribution in [1.29, 1.82) is 0 Å². The maximum atomic E-state index is 13.5. The van der Waals surface area contributed by atoms with Gasteiger partial charge in [-0.25, -0.2) is 8.42 Å². The van der Waals surface area contributed by atoms with Crippen molar-refractivity contribution in [2.45, 2.75) is 33.4 Å². The zero-order valence-corrected chi connectivity index (χ0v) is 21.7. The number of amides is 2. The van der Waals surface area contributed by atoms with Crippen LogP contribution in [0.2, 0.25) is 5.02 Å². The van der Waals surface area contributed by atoms with E-state index in [-0.39, 0.29) is 18.4 Å². The number of rotatable bonds is 11. The maximum Gasteiger partial charge on any atom is 0.244 e. The van der Waals surface area contributed by atoms with Gasteiger partial charge in [-0.15, -0.1) is 0 Å². The molecule has 0 aromatic heterocycles. The van der Waals surface area contributed by atoms with Crippen molar-refractivity contribution >= 4 is 39.1 Å². The van der Waals surface area contributed by atoms with E-state index in [0.717, 1.165) is 16.1 Å². The van der Waals surface area contributed by atoms with E-state index in [0.29, 0.717) is 23.0 Å². The van der Waals surface area contributed by atoms with E-state index in [1.807, 2.05) is 19.9 Å². The summed E-state index contributed by atoms with van der Waals surface area (Å²) in [6, 6.07) is 12.5. The van der Waals surface area contributed by atoms with Crippen molar-refractivity contribution in [3.8, 4) is 5.75 Å². The Morgan fingerprint density at radius 2 is 1.74 bits per heavy atom. The van der Waals surface area contributed by atoms with E-state index in [9.17, 15) is 18.0 Å². The number of carbonyl (C=O) groups is 2. The molecule has 0 radical (unpaired) electrons. The predicted octanol–water partition coefficient (Wildman–Crippen LogP) is 3.30. The van der Waals surface area contributed by atoms with Gasteiger partial charge in [-0.2, -0.15) is 0 Å². The standard InChI is InChI=1S/C24H32ClN3O5S/c1-17(2)14-26-24(30)18(3)27(15-19-7-6-8-22(13-19)33-4)23(29)16-28(34(5,31)32)21-11-9-20(25)10-12-21/h6-13,17-18H,14-16H2,1-5H3,(H,26,30)/t18-/m1/s1. The first-order valence-electron chi connectivity index (χ1n) is 10.9. The van der Waals surface area contributed by atoms with Crippen LogP contribution in [0.1, 0.15) is 26.3 Å². The fourth-order valence-electron chi connectivity index (χ4n) is 3.22. The summed E-state index contributed by atoms with van der Waals surface area (Å²) < 4.78 is 31.3. The van der Waals surface area contributed by atoms with Crippen LogP contribution in [0, 0.1) is 5.92 Å². The molecule has 1 atom stereocenters. The Kier molecular flexibility index (Phi) is 9.76. The van der Waals surface area contributed by atoms with Crippen LogP contribution in [-0.4, -0.2) is 57.6 Å². The van der Waals surface area contributed by atoms with Gasteiger partial charge in [0, 0.05) is 18.1 Å². The van der Waals surface area contributed by atoms with Gasteiger partial charge in [0.2, 0.25) is 21.8 Å². The summed E-state index contributed by atoms with van der Waals surface area (Å²) in [6.45, 7) is 5.67. The maximum absolute atomic E-state index is 13.5. The van der Waals surface area contributed by atoms with Gasteiger partial charge < -0.3 is 15.0 Å². The van der Waals surface area contributed by atoms with Crippen LogP contribution >= 0.6 is 11.6 Å². The van der Waals surface area contributed by atoms with Crippen molar-refractivity contribution in [3.63, 3.8) is 0 Å². The highest BCUT2D eigenvalue weighted by atomic mass is 35.5. The number of hydrogen-bond acceptors (Lipinski definition) is 5. The Morgan fingerprint density at radius 3 is 2.29 bits per heavy atom. The predicted molar refractivity (Wildman–Crippen MR) is 134 cm³/mol. The Hall–Kier alpha value is -2.78. The number of hydrogen-bond donors (Lipinski definition) is 1. The van der Waals surface area contributed by atoms with E-state index in [1.54, 1.807) is 44.4 Å². The van der Waals surface area contributed by atoms with E-state index in [1.165, 1.54) is 17.0 Å². The molecule has 8 nitrogen and oxygen atoms in total. The molecule has 2 aromatic carbocycles. The molecule has 2 amide bonds. The molecule has 0 saturated carbocycles. The second-order valence-electron chi connectivity index (χ2n) is 8.43. The van der Waals surface area contributed by atoms with Crippen molar-refractivity contribution in [2.75, 3.05) is 30.8 Å². The van der Waals surface area contributed by atoms with Crippen LogP contribution in [0.15, 0.2) is 48.5 Å². The average molecular weight is 510 g/mol. The molecule has 34 heavy (non-hydrogen) atoms. The summed E-state index contributed by atoms with van der Waals surface area (Å²) in [5.41, 5.74) is 1.05. The molecule has 186 valence electrons. The van der Waals surface area contributed by atoms with E-state index >= 15 is 0 Å². The average Bonchev–Trinajstić information content (AvgIpc) is 2.78. The van der Waals surface area contributed by atoms with E-state index < -0.39 is 28.5 Å². The van der Waals surface area contributed by atoms with Crippen molar-refractivity contribution in [1.82, 2.24) is 10.2 Å². The fourth-order valence-corrected chi connectivity index (χ4v) is 4.20. The van der Waals surface area contributed by atoms with Crippen LogP contribution < -0.4 is 14.4 Å². The molecule has 0 bridgehead atoms. The van der Waals surface area contributed by atoms with E-state index in [4.69, 9.17) is 16.3 Å². The number of sulfonamides is 1. The van der Waals surface area contributed by atoms with Gasteiger partial charge in [0.05, 0.1) is 19.1 Å². The molecule has 0 aliphatic carbocycles. The number of nitrogens with zero attached hydrogens (tertiary/aromatic N) is 2. The lowest BCUT2D eigenvalue weighted by atomic mass is 10.1. The van der Waals surface area contributed by atoms with Crippen LogP contribution in [0.5, 0.6) is 5.75 Å². The largest absolute Gasteiger partial charge is 0.497 e. The number of nitrogens with one attached hydrogen (secondary N) is 1. The first-order valence-corrected chi connectivity index (χ1v) is 13.1. The van der Waals surface area contributed by atoms with Gasteiger partial charge in [0.1, 0.15) is 18.3 Å². The van der Waals surface area contributed by atoms with Gasteiger partial charge >= 0.3 is 0 Å². The number of carbonyl (C=O) groups excluding carboxylic acids is 2. The second kappa shape index (κ2) is 12.1. The molecular formula is C24H32ClN3O5S. The fraction of sp³-hybridized carbons (Fsp3) is 0.417. The number of benzene rings is 2. The Bertz CT molecular complexity index is 1090. The molecule has 0 fully saturated rings. The Morgan fingerprint density at radius 1 is 1.09 bits per heavy atom. The number of ether oxygens (including phenoxy) is 1. The first-order chi connectivity index (χ1) is 15.9.